The predicted molar refractivity (Wildman–Crippen MR) is 96.9 cm³/mol. The predicted octanol–water partition coefficient (Wildman–Crippen LogP) is 1.88. The fourth-order valence-electron chi connectivity index (χ4n) is 3.38. The molecular formula is C20H22N4O2. The topological polar surface area (TPSA) is 75.2 Å². The molecule has 1 fully saturated rings. The van der Waals surface area contributed by atoms with Gasteiger partial charge in [-0.15, -0.1) is 0 Å². The zero-order valence-corrected chi connectivity index (χ0v) is 14.8. The summed E-state index contributed by atoms with van der Waals surface area (Å²) in [7, 11) is 1.73. The Morgan fingerprint density at radius 1 is 1.23 bits per heavy atom. The first-order valence-electron chi connectivity index (χ1n) is 9.06. The van der Waals surface area contributed by atoms with Crippen molar-refractivity contribution in [3.8, 4) is 0 Å². The highest BCUT2D eigenvalue weighted by Gasteiger charge is 2.33. The molecule has 1 atom stereocenters. The van der Waals surface area contributed by atoms with Crippen molar-refractivity contribution >= 4 is 11.8 Å². The average molecular weight is 350 g/mol. The minimum Gasteiger partial charge on any atom is -0.355 e. The van der Waals surface area contributed by atoms with Gasteiger partial charge in [0.25, 0.3) is 5.91 Å². The van der Waals surface area contributed by atoms with Crippen molar-refractivity contribution in [1.82, 2.24) is 20.2 Å². The molecule has 6 nitrogen and oxygen atoms in total. The monoisotopic (exact) mass is 350 g/mol. The van der Waals surface area contributed by atoms with Crippen molar-refractivity contribution in [2.24, 2.45) is 0 Å². The normalized spacial score (nSPS) is 19.2. The highest BCUT2D eigenvalue weighted by molar-refractivity contribution is 6.00. The Balaban J connectivity index is 1.37. The third-order valence-corrected chi connectivity index (χ3v) is 5.07. The van der Waals surface area contributed by atoms with Crippen LogP contribution in [0.25, 0.3) is 0 Å². The smallest absolute Gasteiger partial charge is 0.253 e. The molecule has 1 aromatic heterocycles. The first-order chi connectivity index (χ1) is 12.6. The van der Waals surface area contributed by atoms with Crippen LogP contribution in [-0.2, 0) is 11.2 Å². The van der Waals surface area contributed by atoms with Crippen LogP contribution in [0.2, 0.25) is 0 Å². The van der Waals surface area contributed by atoms with Crippen LogP contribution in [0, 0.1) is 0 Å². The van der Waals surface area contributed by atoms with Crippen LogP contribution in [0.15, 0.2) is 36.7 Å². The molecule has 2 aliphatic rings. The third-order valence-electron chi connectivity index (χ3n) is 5.07. The molecule has 1 aromatic carbocycles. The van der Waals surface area contributed by atoms with E-state index in [-0.39, 0.29) is 17.7 Å². The minimum atomic E-state index is -0.331. The highest BCUT2D eigenvalue weighted by atomic mass is 16.2. The van der Waals surface area contributed by atoms with E-state index in [4.69, 9.17) is 0 Å². The van der Waals surface area contributed by atoms with E-state index >= 15 is 0 Å². The second-order valence-electron chi connectivity index (χ2n) is 7.09. The Morgan fingerprint density at radius 2 is 1.96 bits per heavy atom. The Morgan fingerprint density at radius 3 is 2.69 bits per heavy atom. The lowest BCUT2D eigenvalue weighted by molar-refractivity contribution is -0.122. The standard InChI is InChI=1S/C20H22N4O2/c1-24-12-17(15-4-2-3-5-16(15)20(24)26)19(25)21-9-8-13-10-22-18(23-11-13)14-6-7-14/h2-5,10-11,14,17H,6-9,12H2,1H3,(H,21,25). The molecule has 2 aromatic rings. The molecule has 1 N–H and O–H groups in total. The van der Waals surface area contributed by atoms with Crippen LogP contribution in [0.1, 0.15) is 52.0 Å². The van der Waals surface area contributed by atoms with E-state index in [1.807, 2.05) is 30.6 Å². The number of aromatic nitrogens is 2. The Bertz CT molecular complexity index is 830. The Hall–Kier alpha value is -2.76. The quantitative estimate of drug-likeness (QED) is 0.893. The molecular weight excluding hydrogens is 328 g/mol. The molecule has 0 saturated heterocycles. The van der Waals surface area contributed by atoms with Crippen molar-refractivity contribution in [2.45, 2.75) is 31.1 Å². The summed E-state index contributed by atoms with van der Waals surface area (Å²) in [6.45, 7) is 0.933. The van der Waals surface area contributed by atoms with Crippen LogP contribution in [0.5, 0.6) is 0 Å². The number of fused-ring (bicyclic) bond motifs is 1. The van der Waals surface area contributed by atoms with Gasteiger partial charge in [-0.05, 0) is 36.5 Å². The van der Waals surface area contributed by atoms with Crippen molar-refractivity contribution in [2.75, 3.05) is 20.1 Å². The third kappa shape index (κ3) is 3.31. The number of rotatable bonds is 5. The van der Waals surface area contributed by atoms with Gasteiger partial charge in [-0.1, -0.05) is 18.2 Å². The van der Waals surface area contributed by atoms with Crippen LogP contribution < -0.4 is 5.32 Å². The summed E-state index contributed by atoms with van der Waals surface area (Å²) in [6, 6.07) is 7.36. The molecule has 134 valence electrons. The van der Waals surface area contributed by atoms with Crippen LogP contribution in [-0.4, -0.2) is 46.8 Å². The molecule has 1 unspecified atom stereocenters. The number of amides is 2. The summed E-state index contributed by atoms with van der Waals surface area (Å²) in [5.41, 5.74) is 2.45. The first-order valence-corrected chi connectivity index (χ1v) is 9.06. The van der Waals surface area contributed by atoms with Crippen molar-refractivity contribution in [3.63, 3.8) is 0 Å². The lowest BCUT2D eigenvalue weighted by Crippen LogP contribution is -2.43. The number of nitrogens with zero attached hydrogens (tertiary/aromatic N) is 3. The van der Waals surface area contributed by atoms with Gasteiger partial charge in [0.2, 0.25) is 5.91 Å². The van der Waals surface area contributed by atoms with Gasteiger partial charge in [0.15, 0.2) is 0 Å². The molecule has 26 heavy (non-hydrogen) atoms. The zero-order valence-electron chi connectivity index (χ0n) is 14.8. The summed E-state index contributed by atoms with van der Waals surface area (Å²) in [6.07, 6.45) is 6.79. The number of benzene rings is 1. The van der Waals surface area contributed by atoms with Gasteiger partial charge >= 0.3 is 0 Å². The zero-order chi connectivity index (χ0) is 18.1. The van der Waals surface area contributed by atoms with E-state index in [1.165, 1.54) is 12.8 Å². The van der Waals surface area contributed by atoms with E-state index in [2.05, 4.69) is 15.3 Å². The molecule has 6 heteroatoms. The van der Waals surface area contributed by atoms with Gasteiger partial charge in [0.1, 0.15) is 5.82 Å². The number of nitrogens with one attached hydrogen (secondary N) is 1. The van der Waals surface area contributed by atoms with Crippen molar-refractivity contribution < 1.29 is 9.59 Å². The summed E-state index contributed by atoms with van der Waals surface area (Å²) < 4.78 is 0. The molecule has 0 spiro atoms. The van der Waals surface area contributed by atoms with E-state index < -0.39 is 0 Å². The second kappa shape index (κ2) is 6.86. The summed E-state index contributed by atoms with van der Waals surface area (Å²) >= 11 is 0. The minimum absolute atomic E-state index is 0.0300. The van der Waals surface area contributed by atoms with Gasteiger partial charge < -0.3 is 10.2 Å². The van der Waals surface area contributed by atoms with Crippen molar-refractivity contribution in [1.29, 1.82) is 0 Å². The van der Waals surface area contributed by atoms with Gasteiger partial charge in [0, 0.05) is 44.0 Å². The van der Waals surface area contributed by atoms with Gasteiger partial charge in [-0.2, -0.15) is 0 Å². The average Bonchev–Trinajstić information content (AvgIpc) is 3.50. The first kappa shape index (κ1) is 16.7. The van der Waals surface area contributed by atoms with Crippen LogP contribution >= 0.6 is 0 Å². The van der Waals surface area contributed by atoms with E-state index in [0.717, 1.165) is 17.0 Å². The molecule has 4 rings (SSSR count). The van der Waals surface area contributed by atoms with Crippen LogP contribution in [0.4, 0.5) is 0 Å². The highest BCUT2D eigenvalue weighted by Crippen LogP contribution is 2.37. The lowest BCUT2D eigenvalue weighted by Gasteiger charge is -2.31. The summed E-state index contributed by atoms with van der Waals surface area (Å²) in [4.78, 5) is 35.3. The maximum absolute atomic E-state index is 12.7. The van der Waals surface area contributed by atoms with E-state index in [1.54, 1.807) is 18.0 Å². The fourth-order valence-corrected chi connectivity index (χ4v) is 3.38. The largest absolute Gasteiger partial charge is 0.355 e. The molecule has 1 saturated carbocycles. The number of carbonyl (C=O) groups is 2. The molecule has 2 heterocycles. The number of carbonyl (C=O) groups excluding carboxylic acids is 2. The molecule has 0 radical (unpaired) electrons. The SMILES string of the molecule is CN1CC(C(=O)NCCc2cnc(C3CC3)nc2)c2ccccc2C1=O. The number of hydrogen-bond donors (Lipinski definition) is 1. The van der Waals surface area contributed by atoms with Crippen LogP contribution in [0.3, 0.4) is 0 Å². The fraction of sp³-hybridized carbons (Fsp3) is 0.400. The maximum atomic E-state index is 12.7. The van der Waals surface area contributed by atoms with Crippen molar-refractivity contribution in [3.05, 3.63) is 59.2 Å². The molecule has 0 bridgehead atoms. The second-order valence-corrected chi connectivity index (χ2v) is 7.09. The Labute approximate surface area is 152 Å². The van der Waals surface area contributed by atoms with Gasteiger partial charge in [-0.25, -0.2) is 9.97 Å². The number of hydrogen-bond acceptors (Lipinski definition) is 4. The summed E-state index contributed by atoms with van der Waals surface area (Å²) in [5.74, 6) is 1.08. The summed E-state index contributed by atoms with van der Waals surface area (Å²) in [5, 5.41) is 2.99. The molecule has 1 aliphatic carbocycles. The maximum Gasteiger partial charge on any atom is 0.253 e. The van der Waals surface area contributed by atoms with E-state index in [9.17, 15) is 9.59 Å². The molecule has 2 amide bonds. The lowest BCUT2D eigenvalue weighted by atomic mass is 9.89. The van der Waals surface area contributed by atoms with E-state index in [0.29, 0.717) is 31.0 Å². The number of likely N-dealkylation sites (N-methyl/N-ethyl adjacent to an activating group) is 1. The molecule has 1 aliphatic heterocycles. The Kier molecular flexibility index (Phi) is 4.41. The van der Waals surface area contributed by atoms with Gasteiger partial charge in [-0.3, -0.25) is 9.59 Å². The van der Waals surface area contributed by atoms with Gasteiger partial charge in [0.05, 0.1) is 5.92 Å².